The third-order valence-electron chi connectivity index (χ3n) is 2.49. The number of methoxy groups -OCH3 is 1. The number of benzene rings is 1. The van der Waals surface area contributed by atoms with E-state index in [1.165, 1.54) is 4.88 Å². The van der Waals surface area contributed by atoms with Gasteiger partial charge in [0.15, 0.2) is 0 Å². The van der Waals surface area contributed by atoms with Crippen LogP contribution < -0.4 is 4.74 Å². The first kappa shape index (κ1) is 12.4. The molecule has 0 aliphatic rings. The fourth-order valence-electron chi connectivity index (χ4n) is 1.52. The fourth-order valence-corrected chi connectivity index (χ4v) is 2.63. The van der Waals surface area contributed by atoms with Crippen molar-refractivity contribution in [2.45, 2.75) is 19.8 Å². The molecule has 1 aromatic carbocycles. The third kappa shape index (κ3) is 2.61. The molecule has 0 bridgehead atoms. The number of rotatable bonds is 3. The summed E-state index contributed by atoms with van der Waals surface area (Å²) in [4.78, 5) is 5.72. The third-order valence-corrected chi connectivity index (χ3v) is 4.05. The van der Waals surface area contributed by atoms with Gasteiger partial charge in [0.1, 0.15) is 10.8 Å². The molecule has 90 valence electrons. The Morgan fingerprint density at radius 1 is 1.35 bits per heavy atom. The molecule has 0 aliphatic heterocycles. The lowest BCUT2D eigenvalue weighted by molar-refractivity contribution is 0.416. The van der Waals surface area contributed by atoms with E-state index in [1.54, 1.807) is 18.4 Å². The maximum absolute atomic E-state index is 5.94. The summed E-state index contributed by atoms with van der Waals surface area (Å²) in [7, 11) is 1.64. The molecule has 0 saturated carbocycles. The van der Waals surface area contributed by atoms with Gasteiger partial charge >= 0.3 is 0 Å². The zero-order chi connectivity index (χ0) is 12.4. The van der Waals surface area contributed by atoms with Crippen LogP contribution in [0.25, 0.3) is 10.6 Å². The number of thiazole rings is 1. The molecular formula is C13H14ClNOS. The Balaban J connectivity index is 2.44. The van der Waals surface area contributed by atoms with Crippen molar-refractivity contribution in [2.24, 2.45) is 0 Å². The van der Waals surface area contributed by atoms with Crippen molar-refractivity contribution in [3.63, 3.8) is 0 Å². The Morgan fingerprint density at radius 2 is 2.12 bits per heavy atom. The minimum Gasteiger partial charge on any atom is -0.496 e. The van der Waals surface area contributed by atoms with E-state index in [0.29, 0.717) is 10.9 Å². The van der Waals surface area contributed by atoms with Gasteiger partial charge in [-0.3, -0.25) is 0 Å². The molecule has 4 heteroatoms. The maximum Gasteiger partial charge on any atom is 0.130 e. The Morgan fingerprint density at radius 3 is 2.71 bits per heavy atom. The number of aromatic nitrogens is 1. The van der Waals surface area contributed by atoms with Gasteiger partial charge in [0.2, 0.25) is 0 Å². The molecule has 0 N–H and O–H groups in total. The molecule has 0 atom stereocenters. The van der Waals surface area contributed by atoms with Crippen molar-refractivity contribution in [1.82, 2.24) is 4.98 Å². The summed E-state index contributed by atoms with van der Waals surface area (Å²) in [6.45, 7) is 4.33. The average molecular weight is 268 g/mol. The largest absolute Gasteiger partial charge is 0.496 e. The Labute approximate surface area is 110 Å². The van der Waals surface area contributed by atoms with Crippen LogP contribution in [0.4, 0.5) is 0 Å². The van der Waals surface area contributed by atoms with Crippen molar-refractivity contribution < 1.29 is 4.74 Å². The predicted octanol–water partition coefficient (Wildman–Crippen LogP) is 4.60. The lowest BCUT2D eigenvalue weighted by Crippen LogP contribution is -1.86. The van der Waals surface area contributed by atoms with Gasteiger partial charge < -0.3 is 4.74 Å². The van der Waals surface area contributed by atoms with Gasteiger partial charge in [-0.2, -0.15) is 0 Å². The van der Waals surface area contributed by atoms with Crippen LogP contribution in [-0.2, 0) is 0 Å². The van der Waals surface area contributed by atoms with Crippen molar-refractivity contribution in [3.05, 3.63) is 34.3 Å². The molecule has 0 fully saturated rings. The van der Waals surface area contributed by atoms with E-state index in [1.807, 2.05) is 24.4 Å². The van der Waals surface area contributed by atoms with E-state index in [9.17, 15) is 0 Å². The van der Waals surface area contributed by atoms with Gasteiger partial charge in [-0.05, 0) is 24.1 Å². The molecule has 0 radical (unpaired) electrons. The van der Waals surface area contributed by atoms with Gasteiger partial charge in [-0.1, -0.05) is 25.4 Å². The molecule has 0 aliphatic carbocycles. The molecule has 0 saturated heterocycles. The molecule has 2 aromatic rings. The number of nitrogens with zero attached hydrogens (tertiary/aromatic N) is 1. The van der Waals surface area contributed by atoms with Gasteiger partial charge in [-0.15, -0.1) is 11.3 Å². The van der Waals surface area contributed by atoms with E-state index in [-0.39, 0.29) is 0 Å². The fraction of sp³-hybridized carbons (Fsp3) is 0.308. The number of ether oxygens (including phenoxy) is 1. The number of hydrogen-bond donors (Lipinski definition) is 0. The van der Waals surface area contributed by atoms with Crippen molar-refractivity contribution >= 4 is 22.9 Å². The lowest BCUT2D eigenvalue weighted by Gasteiger charge is -2.06. The van der Waals surface area contributed by atoms with Crippen LogP contribution in [0.3, 0.4) is 0 Å². The lowest BCUT2D eigenvalue weighted by atomic mass is 10.2. The highest BCUT2D eigenvalue weighted by Crippen LogP contribution is 2.36. The summed E-state index contributed by atoms with van der Waals surface area (Å²) in [5.41, 5.74) is 0.994. The van der Waals surface area contributed by atoms with Crippen LogP contribution in [-0.4, -0.2) is 12.1 Å². The molecule has 0 unspecified atom stereocenters. The van der Waals surface area contributed by atoms with Gasteiger partial charge in [0.05, 0.1) is 12.7 Å². The summed E-state index contributed by atoms with van der Waals surface area (Å²) in [5, 5.41) is 1.65. The summed E-state index contributed by atoms with van der Waals surface area (Å²) >= 11 is 7.64. The van der Waals surface area contributed by atoms with Crippen LogP contribution in [0.15, 0.2) is 24.4 Å². The van der Waals surface area contributed by atoms with Crippen molar-refractivity contribution in [2.75, 3.05) is 7.11 Å². The van der Waals surface area contributed by atoms with Crippen LogP contribution in [0, 0.1) is 0 Å². The molecule has 0 amide bonds. The summed E-state index contributed by atoms with van der Waals surface area (Å²) < 4.78 is 5.33. The Kier molecular flexibility index (Phi) is 3.69. The molecule has 0 spiro atoms. The standard InChI is InChI=1S/C13H14ClNOS/c1-8(2)12-7-15-13(17-12)10-5-4-9(14)6-11(10)16-3/h4-8H,1-3H3. The summed E-state index contributed by atoms with van der Waals surface area (Å²) in [6.07, 6.45) is 1.93. The average Bonchev–Trinajstić information content (AvgIpc) is 2.78. The number of hydrogen-bond acceptors (Lipinski definition) is 3. The van der Waals surface area contributed by atoms with E-state index in [2.05, 4.69) is 18.8 Å². The molecule has 1 aromatic heterocycles. The highest BCUT2D eigenvalue weighted by atomic mass is 35.5. The van der Waals surface area contributed by atoms with Crippen LogP contribution in [0.5, 0.6) is 5.75 Å². The zero-order valence-electron chi connectivity index (χ0n) is 10.0. The zero-order valence-corrected chi connectivity index (χ0v) is 11.6. The second-order valence-corrected chi connectivity index (χ2v) is 5.57. The topological polar surface area (TPSA) is 22.1 Å². The SMILES string of the molecule is COc1cc(Cl)ccc1-c1ncc(C(C)C)s1. The number of halogens is 1. The van der Waals surface area contributed by atoms with E-state index >= 15 is 0 Å². The second-order valence-electron chi connectivity index (χ2n) is 4.07. The highest BCUT2D eigenvalue weighted by Gasteiger charge is 2.12. The van der Waals surface area contributed by atoms with Crippen molar-refractivity contribution in [3.8, 4) is 16.3 Å². The molecule has 1 heterocycles. The first-order valence-electron chi connectivity index (χ1n) is 5.41. The molecule has 17 heavy (non-hydrogen) atoms. The molecule has 2 rings (SSSR count). The molecular weight excluding hydrogens is 254 g/mol. The quantitative estimate of drug-likeness (QED) is 0.811. The first-order chi connectivity index (χ1) is 8.11. The van der Waals surface area contributed by atoms with Crippen molar-refractivity contribution in [1.29, 1.82) is 0 Å². The van der Waals surface area contributed by atoms with E-state index in [4.69, 9.17) is 16.3 Å². The predicted molar refractivity (Wildman–Crippen MR) is 73.2 cm³/mol. The maximum atomic E-state index is 5.94. The van der Waals surface area contributed by atoms with Crippen LogP contribution >= 0.6 is 22.9 Å². The monoisotopic (exact) mass is 267 g/mol. The van der Waals surface area contributed by atoms with Gasteiger partial charge in [0, 0.05) is 16.1 Å². The van der Waals surface area contributed by atoms with E-state index < -0.39 is 0 Å². The van der Waals surface area contributed by atoms with Gasteiger partial charge in [-0.25, -0.2) is 4.98 Å². The normalized spacial score (nSPS) is 10.9. The van der Waals surface area contributed by atoms with E-state index in [0.717, 1.165) is 16.3 Å². The van der Waals surface area contributed by atoms with Gasteiger partial charge in [0.25, 0.3) is 0 Å². The summed E-state index contributed by atoms with van der Waals surface area (Å²) in [5.74, 6) is 1.27. The van der Waals surface area contributed by atoms with Crippen LogP contribution in [0.2, 0.25) is 5.02 Å². The second kappa shape index (κ2) is 5.07. The van der Waals surface area contributed by atoms with Crippen LogP contribution in [0.1, 0.15) is 24.6 Å². The minimum atomic E-state index is 0.500. The minimum absolute atomic E-state index is 0.500. The molecule has 2 nitrogen and oxygen atoms in total. The smallest absolute Gasteiger partial charge is 0.130 e. The summed E-state index contributed by atoms with van der Waals surface area (Å²) in [6, 6.07) is 5.62. The first-order valence-corrected chi connectivity index (χ1v) is 6.61. The Hall–Kier alpha value is -1.06. The highest BCUT2D eigenvalue weighted by molar-refractivity contribution is 7.15. The Bertz CT molecular complexity index is 522.